The first-order valence-corrected chi connectivity index (χ1v) is 3.63. The molecule has 0 rings (SSSR count). The molecule has 0 N–H and O–H groups in total. The maximum Gasteiger partial charge on any atom is 0.252 e. The SMILES string of the molecule is C=C.C=C(/C=C\C)C(=O)N(C)C. The van der Waals surface area contributed by atoms with Gasteiger partial charge >= 0.3 is 0 Å². The lowest BCUT2D eigenvalue weighted by Crippen LogP contribution is -2.22. The molecule has 0 aliphatic rings. The highest BCUT2D eigenvalue weighted by molar-refractivity contribution is 5.95. The molecule has 0 radical (unpaired) electrons. The number of nitrogens with zero attached hydrogens (tertiary/aromatic N) is 1. The fraction of sp³-hybridized carbons (Fsp3) is 0.300. The van der Waals surface area contributed by atoms with Crippen molar-refractivity contribution in [2.24, 2.45) is 0 Å². The zero-order valence-corrected chi connectivity index (χ0v) is 8.13. The maximum absolute atomic E-state index is 11.0. The van der Waals surface area contributed by atoms with Crippen LogP contribution in [-0.4, -0.2) is 24.9 Å². The van der Waals surface area contributed by atoms with E-state index < -0.39 is 0 Å². The van der Waals surface area contributed by atoms with Crippen LogP contribution in [-0.2, 0) is 4.79 Å². The van der Waals surface area contributed by atoms with Crippen LogP contribution in [0, 0.1) is 0 Å². The van der Waals surface area contributed by atoms with Gasteiger partial charge in [0.1, 0.15) is 0 Å². The molecule has 0 unspecified atom stereocenters. The molecule has 2 nitrogen and oxygen atoms in total. The minimum Gasteiger partial charge on any atom is -0.345 e. The van der Waals surface area contributed by atoms with Crippen molar-refractivity contribution in [3.05, 3.63) is 37.5 Å². The lowest BCUT2D eigenvalue weighted by molar-refractivity contribution is -0.124. The highest BCUT2D eigenvalue weighted by Crippen LogP contribution is 1.96. The van der Waals surface area contributed by atoms with Gasteiger partial charge in [-0.2, -0.15) is 0 Å². The van der Waals surface area contributed by atoms with Gasteiger partial charge in [0, 0.05) is 19.7 Å². The highest BCUT2D eigenvalue weighted by atomic mass is 16.2. The monoisotopic (exact) mass is 167 g/mol. The van der Waals surface area contributed by atoms with Crippen LogP contribution < -0.4 is 0 Å². The van der Waals surface area contributed by atoms with Gasteiger partial charge in [0.05, 0.1) is 0 Å². The van der Waals surface area contributed by atoms with Crippen LogP contribution in [0.2, 0.25) is 0 Å². The van der Waals surface area contributed by atoms with E-state index in [0.29, 0.717) is 5.57 Å². The number of carbonyl (C=O) groups is 1. The Bertz CT molecular complexity index is 180. The number of hydrogen-bond donors (Lipinski definition) is 0. The Morgan fingerprint density at radius 2 is 1.75 bits per heavy atom. The summed E-state index contributed by atoms with van der Waals surface area (Å²) in [6, 6.07) is 0. The Balaban J connectivity index is 0. The second-order valence-corrected chi connectivity index (χ2v) is 2.22. The van der Waals surface area contributed by atoms with Gasteiger partial charge in [-0.15, -0.1) is 13.2 Å². The molecule has 0 fully saturated rings. The van der Waals surface area contributed by atoms with E-state index >= 15 is 0 Å². The van der Waals surface area contributed by atoms with Crippen molar-refractivity contribution in [1.29, 1.82) is 0 Å². The van der Waals surface area contributed by atoms with Crippen molar-refractivity contribution in [3.8, 4) is 0 Å². The first-order valence-electron chi connectivity index (χ1n) is 3.63. The topological polar surface area (TPSA) is 20.3 Å². The van der Waals surface area contributed by atoms with Crippen molar-refractivity contribution < 1.29 is 4.79 Å². The zero-order chi connectivity index (χ0) is 10.1. The Labute approximate surface area is 74.9 Å². The van der Waals surface area contributed by atoms with Crippen LogP contribution in [0.4, 0.5) is 0 Å². The number of amides is 1. The fourth-order valence-electron chi connectivity index (χ4n) is 0.560. The smallest absolute Gasteiger partial charge is 0.252 e. The van der Waals surface area contributed by atoms with Crippen molar-refractivity contribution in [3.63, 3.8) is 0 Å². The van der Waals surface area contributed by atoms with Gasteiger partial charge < -0.3 is 4.90 Å². The normalized spacial score (nSPS) is 8.58. The standard InChI is InChI=1S/C8H13NO.C2H4/c1-5-6-7(2)8(10)9(3)4;1-2/h5-6H,2H2,1,3-4H3;1-2H2/b6-5-;. The third-order valence-corrected chi connectivity index (χ3v) is 1.05. The first-order chi connectivity index (χ1) is 5.59. The molecule has 0 aromatic carbocycles. The number of rotatable bonds is 2. The van der Waals surface area contributed by atoms with Gasteiger partial charge in [0.25, 0.3) is 5.91 Å². The average Bonchev–Trinajstić information content (AvgIpc) is 2.07. The van der Waals surface area contributed by atoms with Gasteiger partial charge in [0.2, 0.25) is 0 Å². The quantitative estimate of drug-likeness (QED) is 0.350. The molecule has 0 aliphatic carbocycles. The molecule has 0 aromatic rings. The van der Waals surface area contributed by atoms with E-state index in [1.54, 1.807) is 26.2 Å². The summed E-state index contributed by atoms with van der Waals surface area (Å²) in [5, 5.41) is 0. The van der Waals surface area contributed by atoms with Gasteiger partial charge in [-0.1, -0.05) is 18.7 Å². The molecule has 1 amide bonds. The average molecular weight is 167 g/mol. The van der Waals surface area contributed by atoms with E-state index in [2.05, 4.69) is 19.7 Å². The van der Waals surface area contributed by atoms with E-state index in [0.717, 1.165) is 0 Å². The lowest BCUT2D eigenvalue weighted by Gasteiger charge is -2.08. The Hall–Kier alpha value is -1.31. The molecular weight excluding hydrogens is 150 g/mol. The molecule has 0 bridgehead atoms. The zero-order valence-electron chi connectivity index (χ0n) is 8.13. The van der Waals surface area contributed by atoms with Crippen molar-refractivity contribution in [1.82, 2.24) is 4.90 Å². The summed E-state index contributed by atoms with van der Waals surface area (Å²) in [7, 11) is 3.41. The summed E-state index contributed by atoms with van der Waals surface area (Å²) in [6.07, 6.45) is 3.49. The lowest BCUT2D eigenvalue weighted by atomic mass is 10.2. The van der Waals surface area contributed by atoms with E-state index in [4.69, 9.17) is 0 Å². The summed E-state index contributed by atoms with van der Waals surface area (Å²) < 4.78 is 0. The van der Waals surface area contributed by atoms with Gasteiger partial charge in [-0.05, 0) is 6.92 Å². The predicted octanol–water partition coefficient (Wildman–Crippen LogP) is 2.01. The Morgan fingerprint density at radius 3 is 2.00 bits per heavy atom. The van der Waals surface area contributed by atoms with E-state index in [-0.39, 0.29) is 5.91 Å². The van der Waals surface area contributed by atoms with Gasteiger partial charge in [0.15, 0.2) is 0 Å². The molecule has 68 valence electrons. The molecule has 0 saturated carbocycles. The van der Waals surface area contributed by atoms with E-state index in [1.807, 2.05) is 6.92 Å². The summed E-state index contributed by atoms with van der Waals surface area (Å²) in [4.78, 5) is 12.5. The molecule has 0 aliphatic heterocycles. The van der Waals surface area contributed by atoms with Crippen molar-refractivity contribution >= 4 is 5.91 Å². The maximum atomic E-state index is 11.0. The van der Waals surface area contributed by atoms with Crippen LogP contribution in [0.3, 0.4) is 0 Å². The largest absolute Gasteiger partial charge is 0.345 e. The molecule has 0 spiro atoms. The molecule has 0 heterocycles. The summed E-state index contributed by atoms with van der Waals surface area (Å²) in [6.45, 7) is 11.4. The van der Waals surface area contributed by atoms with Gasteiger partial charge in [-0.3, -0.25) is 4.79 Å². The highest BCUT2D eigenvalue weighted by Gasteiger charge is 2.03. The molecular formula is C10H17NO. The number of hydrogen-bond acceptors (Lipinski definition) is 1. The number of likely N-dealkylation sites (N-methyl/N-ethyl adjacent to an activating group) is 1. The molecule has 12 heavy (non-hydrogen) atoms. The van der Waals surface area contributed by atoms with Crippen LogP contribution in [0.25, 0.3) is 0 Å². The van der Waals surface area contributed by atoms with Crippen LogP contribution in [0.1, 0.15) is 6.92 Å². The summed E-state index contributed by atoms with van der Waals surface area (Å²) >= 11 is 0. The van der Waals surface area contributed by atoms with E-state index in [1.165, 1.54) is 4.90 Å². The van der Waals surface area contributed by atoms with E-state index in [9.17, 15) is 4.79 Å². The third-order valence-electron chi connectivity index (χ3n) is 1.05. The Morgan fingerprint density at radius 1 is 1.33 bits per heavy atom. The molecule has 2 heteroatoms. The minimum absolute atomic E-state index is 0.0434. The number of allylic oxidation sites excluding steroid dienone is 1. The Kier molecular flexibility index (Phi) is 8.63. The molecule has 0 aromatic heterocycles. The van der Waals surface area contributed by atoms with Crippen molar-refractivity contribution in [2.45, 2.75) is 6.92 Å². The van der Waals surface area contributed by atoms with Crippen LogP contribution in [0.5, 0.6) is 0 Å². The second-order valence-electron chi connectivity index (χ2n) is 2.22. The fourth-order valence-corrected chi connectivity index (χ4v) is 0.560. The second kappa shape index (κ2) is 7.79. The van der Waals surface area contributed by atoms with Crippen LogP contribution in [0.15, 0.2) is 37.5 Å². The van der Waals surface area contributed by atoms with Crippen molar-refractivity contribution in [2.75, 3.05) is 14.1 Å². The molecule has 0 saturated heterocycles. The predicted molar refractivity (Wildman–Crippen MR) is 53.9 cm³/mol. The summed E-state index contributed by atoms with van der Waals surface area (Å²) in [5.74, 6) is -0.0434. The summed E-state index contributed by atoms with van der Waals surface area (Å²) in [5.41, 5.74) is 0.521. The first kappa shape index (κ1) is 13.3. The molecule has 0 atom stereocenters. The third kappa shape index (κ3) is 5.47. The van der Waals surface area contributed by atoms with Gasteiger partial charge in [-0.25, -0.2) is 0 Å². The van der Waals surface area contributed by atoms with Crippen LogP contribution >= 0.6 is 0 Å². The minimum atomic E-state index is -0.0434. The number of carbonyl (C=O) groups excluding carboxylic acids is 1.